The van der Waals surface area contributed by atoms with Crippen LogP contribution in [0.4, 0.5) is 0 Å². The molecule has 1 heteroatoms. The van der Waals surface area contributed by atoms with Crippen molar-refractivity contribution in [1.82, 2.24) is 0 Å². The number of benzene rings is 2. The second kappa shape index (κ2) is 6.87. The Hall–Kier alpha value is -1.60. The van der Waals surface area contributed by atoms with Crippen molar-refractivity contribution in [1.29, 1.82) is 0 Å². The maximum atomic E-state index is 2.29. The number of hydrogen-bond acceptors (Lipinski definition) is 0. The quantitative estimate of drug-likeness (QED) is 0.700. The lowest BCUT2D eigenvalue weighted by Gasteiger charge is -1.96. The van der Waals surface area contributed by atoms with Crippen molar-refractivity contribution in [2.75, 3.05) is 0 Å². The number of aryl methyl sites for hydroxylation is 1. The van der Waals surface area contributed by atoms with E-state index in [4.69, 9.17) is 0 Å². The van der Waals surface area contributed by atoms with Crippen LogP contribution in [-0.4, -0.2) is 9.52 Å². The van der Waals surface area contributed by atoms with Gasteiger partial charge in [-0.3, -0.25) is 0 Å². The predicted octanol–water partition coefficient (Wildman–Crippen LogP) is 3.16. The molecule has 17 heavy (non-hydrogen) atoms. The molecule has 0 saturated carbocycles. The Morgan fingerprint density at radius 2 is 1.47 bits per heavy atom. The molecule has 0 fully saturated rings. The van der Waals surface area contributed by atoms with Crippen LogP contribution in [0.1, 0.15) is 12.0 Å². The van der Waals surface area contributed by atoms with Crippen molar-refractivity contribution in [3.05, 3.63) is 78.0 Å². The molecule has 0 bridgehead atoms. The summed E-state index contributed by atoms with van der Waals surface area (Å²) < 4.78 is 0. The first-order valence-electron chi connectivity index (χ1n) is 5.96. The molecule has 0 N–H and O–H groups in total. The van der Waals surface area contributed by atoms with Crippen molar-refractivity contribution in [2.24, 2.45) is 0 Å². The monoisotopic (exact) mass is 236 g/mol. The zero-order valence-electron chi connectivity index (χ0n) is 9.84. The third-order valence-corrected chi connectivity index (χ3v) is 3.65. The summed E-state index contributed by atoms with van der Waals surface area (Å²) in [5.74, 6) is 0. The summed E-state index contributed by atoms with van der Waals surface area (Å²) in [6, 6.07) is 21.3. The number of rotatable bonds is 5. The fourth-order valence-corrected chi connectivity index (χ4v) is 2.53. The van der Waals surface area contributed by atoms with Gasteiger partial charge < -0.3 is 0 Å². The highest BCUT2D eigenvalue weighted by atomic mass is 28.2. The summed E-state index contributed by atoms with van der Waals surface area (Å²) in [5.41, 5.74) is 3.71. The van der Waals surface area contributed by atoms with Crippen LogP contribution in [0.5, 0.6) is 0 Å². The topological polar surface area (TPSA) is 0 Å². The standard InChI is InChI=1S/C16H16Si/c1-3-9-15(10-4-1)11-7-8-14-17-16-12-5-2-6-13-16/h1-6,8-10,12-14H,7,11H2/b14-8+. The van der Waals surface area contributed by atoms with Crippen molar-refractivity contribution in [2.45, 2.75) is 12.8 Å². The maximum Gasteiger partial charge on any atom is 0.111 e. The molecule has 84 valence electrons. The van der Waals surface area contributed by atoms with Gasteiger partial charge in [0.15, 0.2) is 0 Å². The molecule has 0 atom stereocenters. The Bertz CT molecular complexity index is 445. The molecule has 0 heterocycles. The van der Waals surface area contributed by atoms with Crippen LogP contribution in [0.3, 0.4) is 0 Å². The Morgan fingerprint density at radius 1 is 0.824 bits per heavy atom. The first-order chi connectivity index (χ1) is 8.45. The van der Waals surface area contributed by atoms with E-state index in [2.05, 4.69) is 72.4 Å². The van der Waals surface area contributed by atoms with Crippen LogP contribution in [0.15, 0.2) is 72.4 Å². The minimum absolute atomic E-state index is 0.791. The third-order valence-electron chi connectivity index (χ3n) is 2.58. The first-order valence-corrected chi connectivity index (χ1v) is 7.03. The summed E-state index contributed by atoms with van der Waals surface area (Å²) in [7, 11) is 0.791. The van der Waals surface area contributed by atoms with Gasteiger partial charge in [-0.15, -0.1) is 0 Å². The van der Waals surface area contributed by atoms with E-state index in [1.54, 1.807) is 0 Å². The first kappa shape index (κ1) is 11.9. The van der Waals surface area contributed by atoms with Crippen LogP contribution in [0.25, 0.3) is 0 Å². The average molecular weight is 236 g/mol. The lowest BCUT2D eigenvalue weighted by atomic mass is 10.1. The minimum Gasteiger partial charge on any atom is -0.0973 e. The van der Waals surface area contributed by atoms with E-state index in [9.17, 15) is 0 Å². The number of allylic oxidation sites excluding steroid dienone is 1. The van der Waals surface area contributed by atoms with Crippen LogP contribution in [-0.2, 0) is 6.42 Å². The van der Waals surface area contributed by atoms with Crippen molar-refractivity contribution < 1.29 is 0 Å². The molecule has 0 aliphatic rings. The van der Waals surface area contributed by atoms with Crippen LogP contribution in [0.2, 0.25) is 0 Å². The largest absolute Gasteiger partial charge is 0.111 e. The van der Waals surface area contributed by atoms with Gasteiger partial charge in [0.2, 0.25) is 0 Å². The van der Waals surface area contributed by atoms with Crippen LogP contribution in [0, 0.1) is 0 Å². The third kappa shape index (κ3) is 4.41. The molecular weight excluding hydrogens is 220 g/mol. The van der Waals surface area contributed by atoms with E-state index in [0.717, 1.165) is 22.4 Å². The summed E-state index contributed by atoms with van der Waals surface area (Å²) in [4.78, 5) is 0. The second-order valence-electron chi connectivity index (χ2n) is 3.94. The van der Waals surface area contributed by atoms with E-state index in [1.165, 1.54) is 10.8 Å². The van der Waals surface area contributed by atoms with Gasteiger partial charge in [0.1, 0.15) is 9.52 Å². The Balaban J connectivity index is 1.72. The van der Waals surface area contributed by atoms with Crippen molar-refractivity contribution in [3.8, 4) is 0 Å². The molecule has 0 spiro atoms. The fraction of sp³-hybridized carbons (Fsp3) is 0.125. The smallest absolute Gasteiger partial charge is 0.0973 e. The van der Waals surface area contributed by atoms with Gasteiger partial charge in [-0.1, -0.05) is 77.6 Å². The highest BCUT2D eigenvalue weighted by Gasteiger charge is 1.90. The molecule has 0 aliphatic heterocycles. The zero-order chi connectivity index (χ0) is 11.8. The number of hydrogen-bond donors (Lipinski definition) is 0. The van der Waals surface area contributed by atoms with Gasteiger partial charge in [-0.2, -0.15) is 0 Å². The molecule has 2 rings (SSSR count). The van der Waals surface area contributed by atoms with Gasteiger partial charge >= 0.3 is 0 Å². The molecule has 0 aromatic heterocycles. The van der Waals surface area contributed by atoms with Crippen molar-refractivity contribution >= 4 is 14.7 Å². The summed E-state index contributed by atoms with van der Waals surface area (Å²) >= 11 is 0. The van der Waals surface area contributed by atoms with Crippen LogP contribution >= 0.6 is 0 Å². The normalized spacial score (nSPS) is 10.8. The highest BCUT2D eigenvalue weighted by molar-refractivity contribution is 6.58. The molecule has 2 aromatic rings. The van der Waals surface area contributed by atoms with Gasteiger partial charge in [-0.25, -0.2) is 0 Å². The molecule has 0 unspecified atom stereocenters. The Labute approximate surface area is 106 Å². The highest BCUT2D eigenvalue weighted by Crippen LogP contribution is 2.02. The summed E-state index contributed by atoms with van der Waals surface area (Å²) in [5, 5.41) is 1.41. The molecular formula is C16H16Si. The van der Waals surface area contributed by atoms with Gasteiger partial charge in [0.05, 0.1) is 0 Å². The Kier molecular flexibility index (Phi) is 4.80. The van der Waals surface area contributed by atoms with Gasteiger partial charge in [0, 0.05) is 0 Å². The summed E-state index contributed by atoms with van der Waals surface area (Å²) in [6.45, 7) is 0. The van der Waals surface area contributed by atoms with Gasteiger partial charge in [-0.05, 0) is 18.4 Å². The van der Waals surface area contributed by atoms with E-state index >= 15 is 0 Å². The zero-order valence-corrected chi connectivity index (χ0v) is 10.8. The molecule has 0 aliphatic carbocycles. The predicted molar refractivity (Wildman–Crippen MR) is 75.7 cm³/mol. The minimum atomic E-state index is 0.791. The van der Waals surface area contributed by atoms with E-state index in [0.29, 0.717) is 0 Å². The van der Waals surface area contributed by atoms with Crippen LogP contribution < -0.4 is 5.19 Å². The second-order valence-corrected chi connectivity index (χ2v) is 5.14. The molecule has 0 nitrogen and oxygen atoms in total. The lowest BCUT2D eigenvalue weighted by Crippen LogP contribution is -2.10. The van der Waals surface area contributed by atoms with E-state index < -0.39 is 0 Å². The van der Waals surface area contributed by atoms with Gasteiger partial charge in [0.25, 0.3) is 0 Å². The fourth-order valence-electron chi connectivity index (χ4n) is 1.67. The van der Waals surface area contributed by atoms with E-state index in [-0.39, 0.29) is 0 Å². The molecule has 2 radical (unpaired) electrons. The molecule has 0 amide bonds. The Morgan fingerprint density at radius 3 is 2.18 bits per heavy atom. The van der Waals surface area contributed by atoms with Crippen molar-refractivity contribution in [3.63, 3.8) is 0 Å². The average Bonchev–Trinajstić information content (AvgIpc) is 2.41. The molecule has 0 saturated heterocycles. The maximum absolute atomic E-state index is 2.29. The SMILES string of the molecule is C(=C\[Si]c1ccccc1)/CCc1ccccc1. The summed E-state index contributed by atoms with van der Waals surface area (Å²) in [6.07, 6.45) is 4.55. The lowest BCUT2D eigenvalue weighted by molar-refractivity contribution is 1.00. The van der Waals surface area contributed by atoms with E-state index in [1.807, 2.05) is 0 Å². The molecule has 2 aromatic carbocycles.